The summed E-state index contributed by atoms with van der Waals surface area (Å²) in [6.07, 6.45) is 6.24. The molecule has 0 aromatic carbocycles. The van der Waals surface area contributed by atoms with Crippen LogP contribution in [0.25, 0.3) is 22.1 Å². The molecule has 3 aromatic rings. The van der Waals surface area contributed by atoms with E-state index < -0.39 is 6.23 Å². The number of rotatable bonds is 4. The Balaban J connectivity index is 1.64. The van der Waals surface area contributed by atoms with Gasteiger partial charge in [0.2, 0.25) is 0 Å². The second-order valence-corrected chi connectivity index (χ2v) is 6.56. The molecule has 7 heteroatoms. The van der Waals surface area contributed by atoms with E-state index in [0.29, 0.717) is 12.6 Å². The first-order valence-corrected chi connectivity index (χ1v) is 7.99. The zero-order valence-electron chi connectivity index (χ0n) is 13.5. The van der Waals surface area contributed by atoms with Gasteiger partial charge < -0.3 is 19.6 Å². The minimum absolute atomic E-state index is 0.331. The number of nitrogens with zero attached hydrogens (tertiary/aromatic N) is 5. The van der Waals surface area contributed by atoms with Crippen LogP contribution in [0.5, 0.6) is 0 Å². The molecule has 7 nitrogen and oxygen atoms in total. The number of aliphatic hydroxyl groups is 1. The second kappa shape index (κ2) is 5.59. The smallest absolute Gasteiger partial charge is 0.139 e. The number of hydrogen-bond donors (Lipinski definition) is 2. The summed E-state index contributed by atoms with van der Waals surface area (Å²) in [4.78, 5) is 16.2. The van der Waals surface area contributed by atoms with Crippen LogP contribution in [0, 0.1) is 0 Å². The van der Waals surface area contributed by atoms with Gasteiger partial charge in [-0.15, -0.1) is 0 Å². The highest BCUT2D eigenvalue weighted by molar-refractivity contribution is 6.00. The van der Waals surface area contributed by atoms with E-state index in [0.717, 1.165) is 41.6 Å². The summed E-state index contributed by atoms with van der Waals surface area (Å²) >= 11 is 0. The summed E-state index contributed by atoms with van der Waals surface area (Å²) in [6.45, 7) is 2.40. The van der Waals surface area contributed by atoms with Crippen molar-refractivity contribution >= 4 is 22.1 Å². The lowest BCUT2D eigenvalue weighted by atomic mass is 10.2. The predicted octanol–water partition coefficient (Wildman–Crippen LogP) is 1.04. The van der Waals surface area contributed by atoms with Crippen molar-refractivity contribution in [3.63, 3.8) is 0 Å². The highest BCUT2D eigenvalue weighted by Crippen LogP contribution is 2.30. The van der Waals surface area contributed by atoms with Crippen molar-refractivity contribution in [1.82, 2.24) is 29.3 Å². The van der Waals surface area contributed by atoms with E-state index in [1.807, 2.05) is 37.7 Å². The maximum Gasteiger partial charge on any atom is 0.139 e. The number of hydrogen-bond acceptors (Lipinski definition) is 5. The second-order valence-electron chi connectivity index (χ2n) is 6.56. The fourth-order valence-electron chi connectivity index (χ4n) is 3.52. The fourth-order valence-corrected chi connectivity index (χ4v) is 3.52. The van der Waals surface area contributed by atoms with Crippen LogP contribution in [0.4, 0.5) is 0 Å². The summed E-state index contributed by atoms with van der Waals surface area (Å²) in [6, 6.07) is 2.38. The summed E-state index contributed by atoms with van der Waals surface area (Å²) in [5, 5.41) is 11.4. The number of aromatic amines is 1. The van der Waals surface area contributed by atoms with Gasteiger partial charge in [-0.2, -0.15) is 0 Å². The third-order valence-corrected chi connectivity index (χ3v) is 4.66. The van der Waals surface area contributed by atoms with Crippen LogP contribution in [0.15, 0.2) is 24.8 Å². The molecule has 23 heavy (non-hydrogen) atoms. The van der Waals surface area contributed by atoms with Crippen molar-refractivity contribution in [2.24, 2.45) is 0 Å². The Labute approximate surface area is 134 Å². The number of likely N-dealkylation sites (tertiary alicyclic amines) is 1. The Morgan fingerprint density at radius 3 is 3.13 bits per heavy atom. The molecule has 1 fully saturated rings. The first kappa shape index (κ1) is 14.6. The Bertz CT molecular complexity index is 822. The third kappa shape index (κ3) is 2.50. The van der Waals surface area contributed by atoms with Gasteiger partial charge in [-0.25, -0.2) is 9.97 Å². The Hall–Kier alpha value is -1.96. The zero-order valence-corrected chi connectivity index (χ0v) is 13.5. The van der Waals surface area contributed by atoms with E-state index in [4.69, 9.17) is 0 Å². The van der Waals surface area contributed by atoms with E-state index in [9.17, 15) is 5.11 Å². The molecule has 0 aliphatic carbocycles. The molecule has 1 aliphatic rings. The largest absolute Gasteiger partial charge is 0.377 e. The molecule has 4 heterocycles. The molecule has 122 valence electrons. The number of aromatic nitrogens is 4. The Morgan fingerprint density at radius 1 is 1.43 bits per heavy atom. The first-order valence-electron chi connectivity index (χ1n) is 7.99. The lowest BCUT2D eigenvalue weighted by Crippen LogP contribution is -2.40. The standard InChI is InChI=1S/C16H22N6O/c1-20(2)9-14(23)21-6-4-11(8-21)22-10-19-13-7-18-16-12(15(13)22)3-5-17-16/h3,5,7,10-11,14,23H,4,6,8-9H2,1-2H3,(H,17,18). The number of H-pyrrole nitrogens is 1. The van der Waals surface area contributed by atoms with Crippen LogP contribution >= 0.6 is 0 Å². The first-order chi connectivity index (χ1) is 11.1. The monoisotopic (exact) mass is 314 g/mol. The molecule has 0 saturated carbocycles. The number of aliphatic hydroxyl groups excluding tert-OH is 1. The Kier molecular flexibility index (Phi) is 3.56. The minimum Gasteiger partial charge on any atom is -0.377 e. The van der Waals surface area contributed by atoms with Crippen molar-refractivity contribution in [3.8, 4) is 0 Å². The lowest BCUT2D eigenvalue weighted by Gasteiger charge is -2.25. The van der Waals surface area contributed by atoms with Crippen LogP contribution in [-0.2, 0) is 0 Å². The maximum absolute atomic E-state index is 10.3. The predicted molar refractivity (Wildman–Crippen MR) is 89.2 cm³/mol. The van der Waals surface area contributed by atoms with Gasteiger partial charge in [-0.3, -0.25) is 4.90 Å². The highest BCUT2D eigenvalue weighted by atomic mass is 16.3. The molecular formula is C16H22N6O. The molecule has 2 atom stereocenters. The van der Waals surface area contributed by atoms with E-state index in [1.54, 1.807) is 0 Å². The average molecular weight is 314 g/mol. The summed E-state index contributed by atoms with van der Waals surface area (Å²) < 4.78 is 2.25. The molecular weight excluding hydrogens is 292 g/mol. The van der Waals surface area contributed by atoms with Gasteiger partial charge in [-0.05, 0) is 26.6 Å². The van der Waals surface area contributed by atoms with Crippen molar-refractivity contribution < 1.29 is 5.11 Å². The molecule has 4 rings (SSSR count). The molecule has 0 amide bonds. The molecule has 2 N–H and O–H groups in total. The van der Waals surface area contributed by atoms with Crippen molar-refractivity contribution in [1.29, 1.82) is 0 Å². The van der Waals surface area contributed by atoms with Crippen LogP contribution in [0.1, 0.15) is 12.5 Å². The van der Waals surface area contributed by atoms with E-state index >= 15 is 0 Å². The summed E-state index contributed by atoms with van der Waals surface area (Å²) in [5.41, 5.74) is 2.94. The van der Waals surface area contributed by atoms with E-state index in [-0.39, 0.29) is 0 Å². The van der Waals surface area contributed by atoms with Gasteiger partial charge in [0.25, 0.3) is 0 Å². The Morgan fingerprint density at radius 2 is 2.30 bits per heavy atom. The van der Waals surface area contributed by atoms with Crippen LogP contribution in [0.3, 0.4) is 0 Å². The fraction of sp³-hybridized carbons (Fsp3) is 0.500. The van der Waals surface area contributed by atoms with Gasteiger partial charge in [-0.1, -0.05) is 0 Å². The SMILES string of the molecule is CN(C)CC(O)N1CCC(n2cnc3cnc4[nH]ccc4c32)C1. The molecule has 3 aromatic heterocycles. The highest BCUT2D eigenvalue weighted by Gasteiger charge is 2.29. The van der Waals surface area contributed by atoms with E-state index in [1.165, 1.54) is 0 Å². The molecule has 2 unspecified atom stereocenters. The van der Waals surface area contributed by atoms with Gasteiger partial charge in [0.15, 0.2) is 0 Å². The number of pyridine rings is 1. The van der Waals surface area contributed by atoms with Gasteiger partial charge in [0.1, 0.15) is 17.4 Å². The van der Waals surface area contributed by atoms with Gasteiger partial charge >= 0.3 is 0 Å². The van der Waals surface area contributed by atoms with Gasteiger partial charge in [0, 0.05) is 37.3 Å². The molecule has 0 spiro atoms. The van der Waals surface area contributed by atoms with Crippen molar-refractivity contribution in [3.05, 3.63) is 24.8 Å². The number of likely N-dealkylation sites (N-methyl/N-ethyl adjacent to an activating group) is 1. The minimum atomic E-state index is -0.418. The lowest BCUT2D eigenvalue weighted by molar-refractivity contribution is 0.000416. The zero-order chi connectivity index (χ0) is 16.0. The summed E-state index contributed by atoms with van der Waals surface area (Å²) in [7, 11) is 3.96. The van der Waals surface area contributed by atoms with Gasteiger partial charge in [0.05, 0.1) is 18.0 Å². The van der Waals surface area contributed by atoms with Crippen LogP contribution < -0.4 is 0 Å². The summed E-state index contributed by atoms with van der Waals surface area (Å²) in [5.74, 6) is 0. The quantitative estimate of drug-likeness (QED) is 0.753. The number of fused-ring (bicyclic) bond motifs is 3. The van der Waals surface area contributed by atoms with Crippen molar-refractivity contribution in [2.75, 3.05) is 33.7 Å². The van der Waals surface area contributed by atoms with Crippen LogP contribution in [-0.4, -0.2) is 74.4 Å². The molecule has 0 radical (unpaired) electrons. The molecule has 1 aliphatic heterocycles. The number of imidazole rings is 1. The topological polar surface area (TPSA) is 73.2 Å². The normalized spacial score (nSPS) is 21.0. The third-order valence-electron chi connectivity index (χ3n) is 4.66. The van der Waals surface area contributed by atoms with Crippen LogP contribution in [0.2, 0.25) is 0 Å². The molecule has 0 bridgehead atoms. The average Bonchev–Trinajstić information content (AvgIpc) is 3.23. The van der Waals surface area contributed by atoms with E-state index in [2.05, 4.69) is 30.5 Å². The van der Waals surface area contributed by atoms with Crippen molar-refractivity contribution in [2.45, 2.75) is 18.7 Å². The molecule has 1 saturated heterocycles. The number of nitrogens with one attached hydrogen (secondary N) is 1. The maximum atomic E-state index is 10.3.